The maximum atomic E-state index is 12.8. The van der Waals surface area contributed by atoms with E-state index in [1.165, 1.54) is 128 Å². The molecule has 0 saturated heterocycles. The first kappa shape index (κ1) is 65.6. The second-order valence-corrected chi connectivity index (χ2v) is 19.2. The fourth-order valence-electron chi connectivity index (χ4n) is 8.04. The van der Waals surface area contributed by atoms with Crippen LogP contribution < -0.4 is 0 Å². The van der Waals surface area contributed by atoms with Crippen molar-refractivity contribution in [3.05, 3.63) is 85.1 Å². The van der Waals surface area contributed by atoms with E-state index in [4.69, 9.17) is 14.2 Å². The van der Waals surface area contributed by atoms with Gasteiger partial charge >= 0.3 is 17.9 Å². The zero-order valence-corrected chi connectivity index (χ0v) is 45.3. The van der Waals surface area contributed by atoms with Crippen molar-refractivity contribution < 1.29 is 28.6 Å². The normalized spacial score (nSPS) is 12.7. The summed E-state index contributed by atoms with van der Waals surface area (Å²) in [6.45, 7) is 6.46. The van der Waals surface area contributed by atoms with Gasteiger partial charge < -0.3 is 14.2 Å². The molecule has 0 amide bonds. The molecular formula is C63H108O6. The third-order valence-corrected chi connectivity index (χ3v) is 12.4. The van der Waals surface area contributed by atoms with Crippen LogP contribution in [0.4, 0.5) is 0 Å². The minimum absolute atomic E-state index is 0.102. The third kappa shape index (κ3) is 55.4. The van der Waals surface area contributed by atoms with E-state index in [0.717, 1.165) is 103 Å². The van der Waals surface area contributed by atoms with Crippen molar-refractivity contribution in [1.82, 2.24) is 0 Å². The quantitative estimate of drug-likeness (QED) is 0.0262. The van der Waals surface area contributed by atoms with Crippen LogP contribution in [0.2, 0.25) is 0 Å². The molecule has 0 aromatic carbocycles. The summed E-state index contributed by atoms with van der Waals surface area (Å²) in [7, 11) is 0. The molecule has 0 rings (SSSR count). The lowest BCUT2D eigenvalue weighted by Gasteiger charge is -2.18. The average molecular weight is 962 g/mol. The number of allylic oxidation sites excluding steroid dienone is 14. The number of rotatable bonds is 52. The highest BCUT2D eigenvalue weighted by Crippen LogP contribution is 2.16. The summed E-state index contributed by atoms with van der Waals surface area (Å²) in [6.07, 6.45) is 74.4. The van der Waals surface area contributed by atoms with Crippen molar-refractivity contribution in [3.63, 3.8) is 0 Å². The van der Waals surface area contributed by atoms with Crippen LogP contribution in [0.1, 0.15) is 278 Å². The van der Waals surface area contributed by atoms with Gasteiger partial charge in [0.2, 0.25) is 0 Å². The van der Waals surface area contributed by atoms with Crippen molar-refractivity contribution in [2.75, 3.05) is 13.2 Å². The van der Waals surface area contributed by atoms with E-state index in [9.17, 15) is 14.4 Å². The molecule has 0 aromatic rings. The van der Waals surface area contributed by atoms with E-state index in [2.05, 4.69) is 106 Å². The predicted octanol–water partition coefficient (Wildman–Crippen LogP) is 19.5. The van der Waals surface area contributed by atoms with E-state index >= 15 is 0 Å². The summed E-state index contributed by atoms with van der Waals surface area (Å²) < 4.78 is 16.8. The van der Waals surface area contributed by atoms with Crippen LogP contribution in [0, 0.1) is 0 Å². The van der Waals surface area contributed by atoms with Crippen LogP contribution in [-0.4, -0.2) is 37.2 Å². The van der Waals surface area contributed by atoms with Gasteiger partial charge in [-0.1, -0.05) is 254 Å². The van der Waals surface area contributed by atoms with E-state index in [-0.39, 0.29) is 37.5 Å². The minimum atomic E-state index is -0.811. The molecule has 0 aromatic heterocycles. The van der Waals surface area contributed by atoms with Crippen molar-refractivity contribution in [2.24, 2.45) is 0 Å². The third-order valence-electron chi connectivity index (χ3n) is 12.4. The number of carbonyl (C=O) groups is 3. The van der Waals surface area contributed by atoms with Gasteiger partial charge in [-0.2, -0.15) is 0 Å². The van der Waals surface area contributed by atoms with Crippen molar-refractivity contribution >= 4 is 17.9 Å². The minimum Gasteiger partial charge on any atom is -0.462 e. The van der Waals surface area contributed by atoms with Gasteiger partial charge in [-0.25, -0.2) is 0 Å². The van der Waals surface area contributed by atoms with Crippen LogP contribution in [-0.2, 0) is 28.6 Å². The number of hydrogen-bond acceptors (Lipinski definition) is 6. The summed E-state index contributed by atoms with van der Waals surface area (Å²) in [5.41, 5.74) is 0. The fourth-order valence-corrected chi connectivity index (χ4v) is 8.04. The Morgan fingerprint density at radius 2 is 0.580 bits per heavy atom. The number of unbranched alkanes of at least 4 members (excludes halogenated alkanes) is 27. The number of hydrogen-bond donors (Lipinski definition) is 0. The summed E-state index contributed by atoms with van der Waals surface area (Å²) in [5.74, 6) is -0.967. The standard InChI is InChI=1S/C63H108O6/c1-4-7-10-13-16-19-22-25-28-30-31-33-35-38-41-44-47-50-53-56-62(65)68-59-60(58-67-61(64)55-52-49-46-43-40-37-34-27-24-21-18-15-12-9-6-3)69-63(66)57-54-51-48-45-42-39-36-32-29-26-23-20-17-14-11-8-5-2/h8,11,17-18,20-21,26-27,29,34,36,39,45,48,60H,4-7,9-10,12-16,19,22-25,28,30-33,35,37-38,40-44,46-47,49-59H2,1-3H3/b11-8-,20-17-,21-18-,29-26-,34-27-,39-36-,48-45-/t60-/m1/s1. The highest BCUT2D eigenvalue weighted by Gasteiger charge is 2.19. The molecule has 6 heteroatoms. The Balaban J connectivity index is 4.45. The second kappa shape index (κ2) is 57.2. The molecule has 0 N–H and O–H groups in total. The molecule has 6 nitrogen and oxygen atoms in total. The van der Waals surface area contributed by atoms with Crippen LogP contribution in [0.3, 0.4) is 0 Å². The van der Waals surface area contributed by atoms with Gasteiger partial charge in [0.15, 0.2) is 6.10 Å². The van der Waals surface area contributed by atoms with Gasteiger partial charge in [-0.15, -0.1) is 0 Å². The number of carbonyl (C=O) groups excluding carboxylic acids is 3. The second-order valence-electron chi connectivity index (χ2n) is 19.2. The molecule has 0 unspecified atom stereocenters. The summed E-state index contributed by atoms with van der Waals surface area (Å²) >= 11 is 0. The van der Waals surface area contributed by atoms with Crippen LogP contribution in [0.25, 0.3) is 0 Å². The highest BCUT2D eigenvalue weighted by atomic mass is 16.6. The lowest BCUT2D eigenvalue weighted by Crippen LogP contribution is -2.30. The van der Waals surface area contributed by atoms with Gasteiger partial charge in [-0.3, -0.25) is 14.4 Å². The van der Waals surface area contributed by atoms with Crippen LogP contribution >= 0.6 is 0 Å². The Kier molecular flexibility index (Phi) is 54.3. The largest absolute Gasteiger partial charge is 0.462 e. The van der Waals surface area contributed by atoms with Crippen LogP contribution in [0.5, 0.6) is 0 Å². The molecule has 396 valence electrons. The van der Waals surface area contributed by atoms with E-state index in [1.807, 2.05) is 0 Å². The molecule has 0 aliphatic heterocycles. The molecule has 0 saturated carbocycles. The lowest BCUT2D eigenvalue weighted by atomic mass is 10.0. The smallest absolute Gasteiger partial charge is 0.306 e. The van der Waals surface area contributed by atoms with E-state index < -0.39 is 6.10 Å². The van der Waals surface area contributed by atoms with Crippen LogP contribution in [0.15, 0.2) is 85.1 Å². The summed E-state index contributed by atoms with van der Waals surface area (Å²) in [4.78, 5) is 38.1. The molecule has 0 spiro atoms. The van der Waals surface area contributed by atoms with Gasteiger partial charge in [0.05, 0.1) is 0 Å². The van der Waals surface area contributed by atoms with Crippen molar-refractivity contribution in [3.8, 4) is 0 Å². The molecule has 0 bridgehead atoms. The molecule has 69 heavy (non-hydrogen) atoms. The van der Waals surface area contributed by atoms with E-state index in [0.29, 0.717) is 19.3 Å². The SMILES string of the molecule is CC/C=C\C/C=C\C/C=C\C/C=C\C/C=C\CCCC(=O)O[C@H](COC(=O)CCCCCCC/C=C\C/C=C\CCCCC)COC(=O)CCCCCCCCCCCCCCCCCCCCC. The predicted molar refractivity (Wildman–Crippen MR) is 297 cm³/mol. The molecule has 0 aliphatic rings. The monoisotopic (exact) mass is 961 g/mol. The topological polar surface area (TPSA) is 78.9 Å². The maximum Gasteiger partial charge on any atom is 0.306 e. The zero-order chi connectivity index (χ0) is 50.0. The molecular weight excluding hydrogens is 853 g/mol. The van der Waals surface area contributed by atoms with Gasteiger partial charge in [0.1, 0.15) is 13.2 Å². The summed E-state index contributed by atoms with van der Waals surface area (Å²) in [6, 6.07) is 0. The fraction of sp³-hybridized carbons (Fsp3) is 0.730. The first-order chi connectivity index (χ1) is 34.0. The average Bonchev–Trinajstić information content (AvgIpc) is 3.35. The Morgan fingerprint density at radius 3 is 0.957 bits per heavy atom. The van der Waals surface area contributed by atoms with Crippen molar-refractivity contribution in [1.29, 1.82) is 0 Å². The molecule has 0 heterocycles. The molecule has 1 atom stereocenters. The highest BCUT2D eigenvalue weighted by molar-refractivity contribution is 5.71. The molecule has 0 fully saturated rings. The maximum absolute atomic E-state index is 12.8. The first-order valence-corrected chi connectivity index (χ1v) is 29.1. The van der Waals surface area contributed by atoms with Crippen molar-refractivity contribution in [2.45, 2.75) is 284 Å². The van der Waals surface area contributed by atoms with Gasteiger partial charge in [-0.05, 0) is 89.9 Å². The van der Waals surface area contributed by atoms with E-state index in [1.54, 1.807) is 0 Å². The molecule has 0 aliphatic carbocycles. The Labute approximate surface area is 426 Å². The Bertz CT molecular complexity index is 1330. The number of esters is 3. The lowest BCUT2D eigenvalue weighted by molar-refractivity contribution is -0.167. The zero-order valence-electron chi connectivity index (χ0n) is 45.3. The van der Waals surface area contributed by atoms with Gasteiger partial charge in [0.25, 0.3) is 0 Å². The molecule has 0 radical (unpaired) electrons. The Morgan fingerprint density at radius 1 is 0.304 bits per heavy atom. The Hall–Kier alpha value is -3.41. The van der Waals surface area contributed by atoms with Gasteiger partial charge in [0, 0.05) is 19.3 Å². The first-order valence-electron chi connectivity index (χ1n) is 29.1. The summed E-state index contributed by atoms with van der Waals surface area (Å²) in [5, 5.41) is 0. The number of ether oxygens (including phenoxy) is 3.